The van der Waals surface area contributed by atoms with Crippen molar-refractivity contribution in [1.82, 2.24) is 0 Å². The van der Waals surface area contributed by atoms with Crippen molar-refractivity contribution >= 4 is 63.3 Å². The summed E-state index contributed by atoms with van der Waals surface area (Å²) in [6.07, 6.45) is 1.72. The van der Waals surface area contributed by atoms with Crippen LogP contribution in [0.25, 0.3) is 6.08 Å². The Hall–Kier alpha value is -3.14. The molecule has 4 rings (SSSR count). The number of thiophene rings is 1. The van der Waals surface area contributed by atoms with Gasteiger partial charge in [-0.1, -0.05) is 48.2 Å². The third-order valence-corrected chi connectivity index (χ3v) is 6.68. The molecule has 0 unspecified atom stereocenters. The van der Waals surface area contributed by atoms with Crippen LogP contribution in [-0.4, -0.2) is 30.4 Å². The predicted octanol–water partition coefficient (Wildman–Crippen LogP) is 5.39. The molecule has 1 fully saturated rings. The van der Waals surface area contributed by atoms with E-state index < -0.39 is 5.97 Å². The van der Waals surface area contributed by atoms with Crippen LogP contribution in [0.3, 0.4) is 0 Å². The van der Waals surface area contributed by atoms with Crippen molar-refractivity contribution < 1.29 is 23.8 Å². The second kappa shape index (κ2) is 9.56. The van der Waals surface area contributed by atoms with E-state index in [2.05, 4.69) is 0 Å². The summed E-state index contributed by atoms with van der Waals surface area (Å²) in [5.74, 6) is 0.539. The fourth-order valence-corrected chi connectivity index (χ4v) is 4.93. The number of methoxy groups -OCH3 is 2. The number of rotatable bonds is 6. The van der Waals surface area contributed by atoms with Crippen LogP contribution in [0.2, 0.25) is 0 Å². The topological polar surface area (TPSA) is 65.1 Å². The first-order valence-electron chi connectivity index (χ1n) is 9.36. The van der Waals surface area contributed by atoms with Gasteiger partial charge in [0.2, 0.25) is 0 Å². The van der Waals surface area contributed by atoms with E-state index in [4.69, 9.17) is 26.4 Å². The van der Waals surface area contributed by atoms with Crippen molar-refractivity contribution in [3.63, 3.8) is 0 Å². The molecule has 0 radical (unpaired) electrons. The fraction of sp³-hybridized carbons (Fsp3) is 0.0870. The maximum Gasteiger partial charge on any atom is 0.353 e. The van der Waals surface area contributed by atoms with Crippen molar-refractivity contribution in [2.75, 3.05) is 19.1 Å². The van der Waals surface area contributed by atoms with E-state index in [0.29, 0.717) is 42.6 Å². The van der Waals surface area contributed by atoms with Crippen molar-refractivity contribution in [3.8, 4) is 17.2 Å². The molecule has 1 saturated heterocycles. The van der Waals surface area contributed by atoms with Crippen molar-refractivity contribution in [2.45, 2.75) is 0 Å². The molecular weight excluding hydrogens is 466 g/mol. The number of hydrogen-bond acceptors (Lipinski definition) is 8. The van der Waals surface area contributed by atoms with E-state index in [1.165, 1.54) is 35.1 Å². The number of amides is 1. The number of anilines is 1. The van der Waals surface area contributed by atoms with Crippen LogP contribution in [-0.2, 0) is 4.79 Å². The van der Waals surface area contributed by atoms with Crippen LogP contribution in [0.1, 0.15) is 15.2 Å². The first-order chi connectivity index (χ1) is 15.5. The minimum absolute atomic E-state index is 0.239. The number of carbonyl (C=O) groups is 2. The van der Waals surface area contributed by atoms with E-state index in [-0.39, 0.29) is 5.91 Å². The third kappa shape index (κ3) is 4.40. The first kappa shape index (κ1) is 22.1. The van der Waals surface area contributed by atoms with Crippen LogP contribution < -0.4 is 19.1 Å². The Labute approximate surface area is 198 Å². The third-order valence-electron chi connectivity index (χ3n) is 4.53. The van der Waals surface area contributed by atoms with Crippen molar-refractivity contribution in [3.05, 3.63) is 75.3 Å². The number of benzene rings is 2. The molecule has 0 aliphatic carbocycles. The summed E-state index contributed by atoms with van der Waals surface area (Å²) in [6, 6.07) is 15.8. The molecular formula is C23H17NO5S3. The fourth-order valence-electron chi connectivity index (χ4n) is 3.04. The largest absolute Gasteiger partial charge is 0.495 e. The zero-order valence-corrected chi connectivity index (χ0v) is 19.5. The summed E-state index contributed by atoms with van der Waals surface area (Å²) >= 11 is 7.95. The van der Waals surface area contributed by atoms with E-state index >= 15 is 0 Å². The number of para-hydroxylation sites is 2. The number of ether oxygens (including phenoxy) is 3. The van der Waals surface area contributed by atoms with E-state index in [9.17, 15) is 9.59 Å². The minimum Gasteiger partial charge on any atom is -0.495 e. The molecule has 1 amide bonds. The second-order valence-electron chi connectivity index (χ2n) is 6.47. The van der Waals surface area contributed by atoms with Gasteiger partial charge in [-0.05, 0) is 47.4 Å². The summed E-state index contributed by atoms with van der Waals surface area (Å²) in [7, 11) is 3.04. The number of hydrogen-bond donors (Lipinski definition) is 0. The Bertz CT molecular complexity index is 1220. The Morgan fingerprint density at radius 2 is 1.78 bits per heavy atom. The van der Waals surface area contributed by atoms with Gasteiger partial charge >= 0.3 is 5.97 Å². The van der Waals surface area contributed by atoms with Gasteiger partial charge < -0.3 is 14.2 Å². The second-order valence-corrected chi connectivity index (χ2v) is 9.09. The molecule has 0 spiro atoms. The summed E-state index contributed by atoms with van der Waals surface area (Å²) in [5.41, 5.74) is 1.30. The lowest BCUT2D eigenvalue weighted by atomic mass is 10.1. The lowest BCUT2D eigenvalue weighted by Gasteiger charge is -2.17. The Morgan fingerprint density at radius 3 is 2.50 bits per heavy atom. The lowest BCUT2D eigenvalue weighted by Crippen LogP contribution is -2.27. The molecule has 2 aromatic carbocycles. The summed E-state index contributed by atoms with van der Waals surface area (Å²) in [6.45, 7) is 0. The Kier molecular flexibility index (Phi) is 6.59. The van der Waals surface area contributed by atoms with Crippen molar-refractivity contribution in [2.24, 2.45) is 0 Å². The van der Waals surface area contributed by atoms with Gasteiger partial charge in [-0.2, -0.15) is 0 Å². The summed E-state index contributed by atoms with van der Waals surface area (Å²) in [5, 5.41) is 1.80. The molecule has 162 valence electrons. The molecule has 0 saturated carbocycles. The zero-order chi connectivity index (χ0) is 22.7. The number of esters is 1. The highest BCUT2D eigenvalue weighted by atomic mass is 32.2. The standard InChI is InChI=1S/C23H17NO5S3/c1-27-16-7-4-3-6-15(16)24-21(25)20(32-23(24)30)13-14-9-10-17(18(12-14)28-2)29-22(26)19-8-5-11-31-19/h3-13H,1-2H3/b20-13-. The summed E-state index contributed by atoms with van der Waals surface area (Å²) in [4.78, 5) is 27.8. The van der Waals surface area contributed by atoms with E-state index in [1.54, 1.807) is 61.0 Å². The van der Waals surface area contributed by atoms with E-state index in [0.717, 1.165) is 0 Å². The van der Waals surface area contributed by atoms with Gasteiger partial charge in [-0.3, -0.25) is 9.69 Å². The minimum atomic E-state index is -0.455. The van der Waals surface area contributed by atoms with Crippen LogP contribution >= 0.6 is 35.3 Å². The van der Waals surface area contributed by atoms with Gasteiger partial charge in [0.1, 0.15) is 10.6 Å². The van der Waals surface area contributed by atoms with Crippen LogP contribution in [0, 0.1) is 0 Å². The van der Waals surface area contributed by atoms with Crippen LogP contribution in [0.4, 0.5) is 5.69 Å². The molecule has 32 heavy (non-hydrogen) atoms. The Balaban J connectivity index is 1.59. The van der Waals surface area contributed by atoms with E-state index in [1.807, 2.05) is 12.1 Å². The highest BCUT2D eigenvalue weighted by molar-refractivity contribution is 8.27. The molecule has 1 aliphatic heterocycles. The molecule has 1 aromatic heterocycles. The van der Waals surface area contributed by atoms with Gasteiger partial charge in [0.05, 0.1) is 24.8 Å². The van der Waals surface area contributed by atoms with Crippen molar-refractivity contribution in [1.29, 1.82) is 0 Å². The molecule has 0 N–H and O–H groups in total. The maximum absolute atomic E-state index is 13.1. The SMILES string of the molecule is COc1cc(/C=C2\SC(=S)N(c3ccccc3OC)C2=O)ccc1OC(=O)c1cccs1. The lowest BCUT2D eigenvalue weighted by molar-refractivity contribution is -0.113. The monoisotopic (exact) mass is 483 g/mol. The maximum atomic E-state index is 13.1. The normalized spacial score (nSPS) is 14.7. The molecule has 0 atom stereocenters. The smallest absolute Gasteiger partial charge is 0.353 e. The van der Waals surface area contributed by atoms with Crippen LogP contribution in [0.15, 0.2) is 64.9 Å². The zero-order valence-electron chi connectivity index (χ0n) is 17.1. The number of thioether (sulfide) groups is 1. The average Bonchev–Trinajstić information content (AvgIpc) is 3.43. The van der Waals surface area contributed by atoms with Gasteiger partial charge in [-0.15, -0.1) is 11.3 Å². The van der Waals surface area contributed by atoms with Crippen LogP contribution in [0.5, 0.6) is 17.2 Å². The Morgan fingerprint density at radius 1 is 1.00 bits per heavy atom. The van der Waals surface area contributed by atoms with Gasteiger partial charge in [0, 0.05) is 0 Å². The average molecular weight is 484 g/mol. The molecule has 1 aliphatic rings. The molecule has 0 bridgehead atoms. The quantitative estimate of drug-likeness (QED) is 0.202. The molecule has 3 aromatic rings. The molecule has 9 heteroatoms. The molecule has 6 nitrogen and oxygen atoms in total. The van der Waals surface area contributed by atoms with Gasteiger partial charge in [0.25, 0.3) is 5.91 Å². The van der Waals surface area contributed by atoms with Gasteiger partial charge in [0.15, 0.2) is 15.8 Å². The van der Waals surface area contributed by atoms with Gasteiger partial charge in [-0.25, -0.2) is 4.79 Å². The number of thiocarbonyl (C=S) groups is 1. The predicted molar refractivity (Wildman–Crippen MR) is 131 cm³/mol. The first-order valence-corrected chi connectivity index (χ1v) is 11.5. The highest BCUT2D eigenvalue weighted by Crippen LogP contribution is 2.40. The number of carbonyl (C=O) groups excluding carboxylic acids is 2. The summed E-state index contributed by atoms with van der Waals surface area (Å²) < 4.78 is 16.6. The highest BCUT2D eigenvalue weighted by Gasteiger charge is 2.34. The number of nitrogens with zero attached hydrogens (tertiary/aromatic N) is 1. The molecule has 2 heterocycles.